The molecule has 2 unspecified atom stereocenters. The van der Waals surface area contributed by atoms with Crippen LogP contribution in [0.3, 0.4) is 0 Å². The first-order valence-electron chi connectivity index (χ1n) is 10.4. The van der Waals surface area contributed by atoms with Crippen molar-refractivity contribution in [3.63, 3.8) is 0 Å². The van der Waals surface area contributed by atoms with Crippen LogP contribution in [-0.2, 0) is 14.3 Å². The summed E-state index contributed by atoms with van der Waals surface area (Å²) in [6.45, 7) is 0.278. The number of aromatic nitrogens is 1. The van der Waals surface area contributed by atoms with Gasteiger partial charge >= 0.3 is 5.97 Å². The molecule has 0 bridgehead atoms. The molecule has 1 heterocycles. The summed E-state index contributed by atoms with van der Waals surface area (Å²) in [5, 5.41) is 1.33. The molecule has 2 atom stereocenters. The number of carbonyl (C=O) groups is 2. The molecule has 6 nitrogen and oxygen atoms in total. The smallest absolute Gasteiger partial charge is 0.368 e. The van der Waals surface area contributed by atoms with Crippen molar-refractivity contribution in [1.82, 2.24) is 4.98 Å². The monoisotopic (exact) mass is 504 g/mol. The zero-order valence-corrected chi connectivity index (χ0v) is 20.2. The minimum absolute atomic E-state index is 0.133. The second-order valence-electron chi connectivity index (χ2n) is 7.90. The molecule has 0 saturated heterocycles. The Kier molecular flexibility index (Phi) is 7.05. The maximum Gasteiger partial charge on any atom is 0.368 e. The van der Waals surface area contributed by atoms with Crippen LogP contribution < -0.4 is 5.73 Å². The Balaban J connectivity index is 1.74. The molecule has 1 amide bonds. The molecule has 1 aliphatic rings. The van der Waals surface area contributed by atoms with E-state index in [9.17, 15) is 9.59 Å². The van der Waals surface area contributed by atoms with Gasteiger partial charge in [0.2, 0.25) is 5.01 Å². The van der Waals surface area contributed by atoms with Gasteiger partial charge in [0.05, 0.1) is 17.2 Å². The number of carbonyl (C=O) groups excluding carboxylic acids is 2. The number of nitrogens with zero attached hydrogens (tertiary/aromatic N) is 1. The number of methoxy groups -OCH3 is 1. The van der Waals surface area contributed by atoms with E-state index in [0.717, 1.165) is 16.0 Å². The molecule has 0 aliphatic heterocycles. The number of esters is 1. The van der Waals surface area contributed by atoms with E-state index >= 15 is 0 Å². The summed E-state index contributed by atoms with van der Waals surface area (Å²) in [6, 6.07) is 14.5. The summed E-state index contributed by atoms with van der Waals surface area (Å²) in [5.74, 6) is -1.64. The molecule has 9 heteroatoms. The van der Waals surface area contributed by atoms with Gasteiger partial charge in [-0.15, -0.1) is 11.3 Å². The van der Waals surface area contributed by atoms with Crippen LogP contribution in [0, 0.1) is 5.92 Å². The van der Waals surface area contributed by atoms with E-state index in [1.165, 1.54) is 11.3 Å². The minimum atomic E-state index is -1.40. The fraction of sp³-hybridized carbons (Fsp3) is 0.292. The standard InChI is InChI=1S/C24H22Cl2N2O4S/c1-31-13-16-3-2-12-24(16,23(27)30)32-22(29)21-28-19(14-4-8-17(25)9-5-14)20(33-21)15-6-10-18(26)11-7-15/h4-11,16H,2-3,12-13H2,1H3,(H2,27,30). The van der Waals surface area contributed by atoms with Crippen LogP contribution in [0.1, 0.15) is 29.1 Å². The van der Waals surface area contributed by atoms with E-state index in [2.05, 4.69) is 4.98 Å². The third-order valence-corrected chi connectivity index (χ3v) is 7.43. The van der Waals surface area contributed by atoms with E-state index in [4.69, 9.17) is 38.4 Å². The molecule has 3 aromatic rings. The van der Waals surface area contributed by atoms with E-state index in [1.807, 2.05) is 24.3 Å². The maximum absolute atomic E-state index is 13.2. The van der Waals surface area contributed by atoms with Gasteiger partial charge in [-0.1, -0.05) is 47.5 Å². The van der Waals surface area contributed by atoms with Crippen molar-refractivity contribution in [3.8, 4) is 21.7 Å². The highest BCUT2D eigenvalue weighted by molar-refractivity contribution is 7.17. The average Bonchev–Trinajstić information content (AvgIpc) is 3.41. The molecule has 2 aromatic carbocycles. The van der Waals surface area contributed by atoms with Gasteiger partial charge in [0, 0.05) is 28.6 Å². The Morgan fingerprint density at radius 2 is 1.70 bits per heavy atom. The zero-order valence-electron chi connectivity index (χ0n) is 17.8. The van der Waals surface area contributed by atoms with Crippen LogP contribution in [0.15, 0.2) is 48.5 Å². The number of amides is 1. The number of ether oxygens (including phenoxy) is 2. The third-order valence-electron chi connectivity index (χ3n) is 5.85. The van der Waals surface area contributed by atoms with Crippen molar-refractivity contribution in [3.05, 3.63) is 63.6 Å². The summed E-state index contributed by atoms with van der Waals surface area (Å²) in [7, 11) is 1.55. The number of hydrogen-bond acceptors (Lipinski definition) is 6. The van der Waals surface area contributed by atoms with E-state index in [1.54, 1.807) is 31.4 Å². The molecule has 1 fully saturated rings. The van der Waals surface area contributed by atoms with E-state index in [0.29, 0.717) is 35.0 Å². The molecule has 172 valence electrons. The topological polar surface area (TPSA) is 91.5 Å². The number of primary amides is 1. The van der Waals surface area contributed by atoms with Crippen molar-refractivity contribution in [2.45, 2.75) is 24.9 Å². The van der Waals surface area contributed by atoms with Crippen LogP contribution in [-0.4, -0.2) is 36.2 Å². The molecular formula is C24H22Cl2N2O4S. The van der Waals surface area contributed by atoms with Crippen LogP contribution >= 0.6 is 34.5 Å². The summed E-state index contributed by atoms with van der Waals surface area (Å²) in [6.07, 6.45) is 1.77. The first-order chi connectivity index (χ1) is 15.8. The Morgan fingerprint density at radius 3 is 2.27 bits per heavy atom. The average molecular weight is 505 g/mol. The van der Waals surface area contributed by atoms with Crippen LogP contribution in [0.5, 0.6) is 0 Å². The number of benzene rings is 2. The Morgan fingerprint density at radius 1 is 1.09 bits per heavy atom. The minimum Gasteiger partial charge on any atom is -0.443 e. The number of rotatable bonds is 7. The highest BCUT2D eigenvalue weighted by atomic mass is 35.5. The Labute approximate surface area is 205 Å². The first-order valence-corrected chi connectivity index (χ1v) is 12.0. The zero-order chi connectivity index (χ0) is 23.6. The predicted octanol–water partition coefficient (Wildman–Crippen LogP) is 5.61. The first kappa shape index (κ1) is 23.7. The quantitative estimate of drug-likeness (QED) is 0.422. The van der Waals surface area contributed by atoms with Gasteiger partial charge in [-0.3, -0.25) is 4.79 Å². The van der Waals surface area contributed by atoms with Gasteiger partial charge < -0.3 is 15.2 Å². The molecule has 1 aliphatic carbocycles. The number of thiazole rings is 1. The molecular weight excluding hydrogens is 483 g/mol. The van der Waals surface area contributed by atoms with E-state index in [-0.39, 0.29) is 17.5 Å². The number of halogens is 2. The second-order valence-corrected chi connectivity index (χ2v) is 9.77. The lowest BCUT2D eigenvalue weighted by Crippen LogP contribution is -2.51. The summed E-state index contributed by atoms with van der Waals surface area (Å²) in [4.78, 5) is 31.0. The number of hydrogen-bond donors (Lipinski definition) is 1. The van der Waals surface area contributed by atoms with Crippen LogP contribution in [0.2, 0.25) is 10.0 Å². The van der Waals surface area contributed by atoms with Gasteiger partial charge in [-0.2, -0.15) is 0 Å². The van der Waals surface area contributed by atoms with Gasteiger partial charge in [-0.25, -0.2) is 9.78 Å². The van der Waals surface area contributed by atoms with E-state index < -0.39 is 17.5 Å². The van der Waals surface area contributed by atoms with Crippen LogP contribution in [0.25, 0.3) is 21.7 Å². The Hall–Kier alpha value is -2.45. The van der Waals surface area contributed by atoms with Gasteiger partial charge in [0.1, 0.15) is 0 Å². The van der Waals surface area contributed by atoms with Gasteiger partial charge in [0.25, 0.3) is 5.91 Å². The normalized spacial score (nSPS) is 20.0. The highest BCUT2D eigenvalue weighted by Gasteiger charge is 2.51. The van der Waals surface area contributed by atoms with Crippen molar-refractivity contribution in [2.75, 3.05) is 13.7 Å². The summed E-state index contributed by atoms with van der Waals surface area (Å²) in [5.41, 5.74) is 6.56. The summed E-state index contributed by atoms with van der Waals surface area (Å²) < 4.78 is 11.0. The van der Waals surface area contributed by atoms with Gasteiger partial charge in [-0.05, 0) is 49.1 Å². The molecule has 0 radical (unpaired) electrons. The highest BCUT2D eigenvalue weighted by Crippen LogP contribution is 2.42. The third kappa shape index (κ3) is 4.77. The van der Waals surface area contributed by atoms with Crippen molar-refractivity contribution in [2.24, 2.45) is 11.7 Å². The fourth-order valence-electron chi connectivity index (χ4n) is 4.19. The second kappa shape index (κ2) is 9.81. The number of nitrogens with two attached hydrogens (primary N) is 1. The molecule has 33 heavy (non-hydrogen) atoms. The van der Waals surface area contributed by atoms with Crippen molar-refractivity contribution >= 4 is 46.4 Å². The molecule has 1 saturated carbocycles. The largest absolute Gasteiger partial charge is 0.443 e. The molecule has 0 spiro atoms. The SMILES string of the molecule is COCC1CCCC1(OC(=O)c1nc(-c2ccc(Cl)cc2)c(-c2ccc(Cl)cc2)s1)C(N)=O. The van der Waals surface area contributed by atoms with Crippen LogP contribution in [0.4, 0.5) is 0 Å². The maximum atomic E-state index is 13.2. The fourth-order valence-corrected chi connectivity index (χ4v) is 5.41. The summed E-state index contributed by atoms with van der Waals surface area (Å²) >= 11 is 13.3. The lowest BCUT2D eigenvalue weighted by atomic mass is 9.90. The van der Waals surface area contributed by atoms with Crippen molar-refractivity contribution in [1.29, 1.82) is 0 Å². The van der Waals surface area contributed by atoms with Gasteiger partial charge in [0.15, 0.2) is 5.60 Å². The Bertz CT molecular complexity index is 1100. The van der Waals surface area contributed by atoms with Crippen molar-refractivity contribution < 1.29 is 19.1 Å². The predicted molar refractivity (Wildman–Crippen MR) is 130 cm³/mol. The molecule has 2 N–H and O–H groups in total. The molecule has 4 rings (SSSR count). The lowest BCUT2D eigenvalue weighted by Gasteiger charge is -2.31. The lowest BCUT2D eigenvalue weighted by molar-refractivity contribution is -0.143. The molecule has 1 aromatic heterocycles.